The number of halogens is 1. The van der Waals surface area contributed by atoms with Gasteiger partial charge in [-0.2, -0.15) is 0 Å². The topological polar surface area (TPSA) is 51.4 Å². The predicted octanol–water partition coefficient (Wildman–Crippen LogP) is 6.11. The van der Waals surface area contributed by atoms with Crippen LogP contribution in [0.2, 0.25) is 5.02 Å². The van der Waals surface area contributed by atoms with Crippen molar-refractivity contribution in [3.8, 4) is 0 Å². The molecule has 2 aromatic carbocycles. The Morgan fingerprint density at radius 3 is 2.44 bits per heavy atom. The SMILES string of the molecule is CN(C)C1(c2ccccc2)CCC(NC(=O)N2CCC(c3c[nH]c4ccc(Cl)cc34)CC2)CC1. The third kappa shape index (κ3) is 4.44. The number of nitrogens with one attached hydrogen (secondary N) is 2. The third-order valence-electron chi connectivity index (χ3n) is 8.21. The molecule has 1 aliphatic carbocycles. The summed E-state index contributed by atoms with van der Waals surface area (Å²) in [6.45, 7) is 1.59. The summed E-state index contributed by atoms with van der Waals surface area (Å²) in [5, 5.41) is 5.32. The van der Waals surface area contributed by atoms with E-state index in [1.807, 2.05) is 23.1 Å². The monoisotopic (exact) mass is 478 g/mol. The van der Waals surface area contributed by atoms with Crippen LogP contribution in [0.4, 0.5) is 4.79 Å². The van der Waals surface area contributed by atoms with Gasteiger partial charge in [-0.1, -0.05) is 41.9 Å². The van der Waals surface area contributed by atoms with E-state index in [0.717, 1.165) is 62.2 Å². The molecule has 2 aliphatic rings. The summed E-state index contributed by atoms with van der Waals surface area (Å²) in [6.07, 6.45) is 8.20. The molecular formula is C28H35ClN4O. The number of fused-ring (bicyclic) bond motifs is 1. The number of hydrogen-bond donors (Lipinski definition) is 2. The maximum atomic E-state index is 13.1. The normalized spacial score (nSPS) is 24.0. The molecule has 3 aromatic rings. The van der Waals surface area contributed by atoms with Gasteiger partial charge in [-0.3, -0.25) is 4.90 Å². The molecule has 2 fully saturated rings. The lowest BCUT2D eigenvalue weighted by atomic mass is 9.74. The molecule has 5 nitrogen and oxygen atoms in total. The number of aromatic amines is 1. The number of carbonyl (C=O) groups excluding carboxylic acids is 1. The van der Waals surface area contributed by atoms with E-state index >= 15 is 0 Å². The van der Waals surface area contributed by atoms with Gasteiger partial charge in [0.1, 0.15) is 0 Å². The standard InChI is InChI=1S/C28H35ClN4O/c1-32(2)28(21-6-4-3-5-7-21)14-10-23(11-15-28)31-27(34)33-16-12-20(13-17-33)25-19-30-26-9-8-22(29)18-24(25)26/h3-9,18-20,23,30H,10-17H2,1-2H3,(H,31,34). The highest BCUT2D eigenvalue weighted by Gasteiger charge is 2.39. The number of benzene rings is 2. The fourth-order valence-corrected chi connectivity index (χ4v) is 6.27. The largest absolute Gasteiger partial charge is 0.361 e. The second-order valence-electron chi connectivity index (χ2n) is 10.2. The zero-order chi connectivity index (χ0) is 23.7. The van der Waals surface area contributed by atoms with Crippen LogP contribution in [-0.2, 0) is 5.54 Å². The summed E-state index contributed by atoms with van der Waals surface area (Å²) in [5.41, 5.74) is 3.89. The minimum absolute atomic E-state index is 0.0586. The van der Waals surface area contributed by atoms with Gasteiger partial charge in [0.05, 0.1) is 0 Å². The third-order valence-corrected chi connectivity index (χ3v) is 8.44. The van der Waals surface area contributed by atoms with E-state index in [1.165, 1.54) is 16.5 Å². The number of hydrogen-bond acceptors (Lipinski definition) is 2. The quantitative estimate of drug-likeness (QED) is 0.475. The van der Waals surface area contributed by atoms with Crippen molar-refractivity contribution in [2.75, 3.05) is 27.2 Å². The molecule has 1 aliphatic heterocycles. The van der Waals surface area contributed by atoms with Crippen LogP contribution in [0.25, 0.3) is 10.9 Å². The van der Waals surface area contributed by atoms with Crippen LogP contribution in [0.3, 0.4) is 0 Å². The smallest absolute Gasteiger partial charge is 0.317 e. The van der Waals surface area contributed by atoms with E-state index in [2.05, 4.69) is 65.8 Å². The molecule has 6 heteroatoms. The first kappa shape index (κ1) is 23.3. The zero-order valence-electron chi connectivity index (χ0n) is 20.2. The Morgan fingerprint density at radius 2 is 1.76 bits per heavy atom. The number of carbonyl (C=O) groups is 1. The van der Waals surface area contributed by atoms with Crippen LogP contribution in [0.5, 0.6) is 0 Å². The molecule has 1 saturated carbocycles. The van der Waals surface area contributed by atoms with Gasteiger partial charge in [0.25, 0.3) is 0 Å². The highest BCUT2D eigenvalue weighted by Crippen LogP contribution is 2.41. The van der Waals surface area contributed by atoms with Gasteiger partial charge >= 0.3 is 6.03 Å². The van der Waals surface area contributed by atoms with E-state index in [1.54, 1.807) is 0 Å². The van der Waals surface area contributed by atoms with Crippen LogP contribution < -0.4 is 5.32 Å². The van der Waals surface area contributed by atoms with Gasteiger partial charge in [-0.25, -0.2) is 4.79 Å². The average molecular weight is 479 g/mol. The van der Waals surface area contributed by atoms with E-state index in [0.29, 0.717) is 5.92 Å². The van der Waals surface area contributed by atoms with Crippen molar-refractivity contribution in [3.63, 3.8) is 0 Å². The van der Waals surface area contributed by atoms with Crippen LogP contribution in [0.1, 0.15) is 55.6 Å². The summed E-state index contributed by atoms with van der Waals surface area (Å²) in [5.74, 6) is 0.456. The first-order valence-electron chi connectivity index (χ1n) is 12.5. The highest BCUT2D eigenvalue weighted by molar-refractivity contribution is 6.31. The van der Waals surface area contributed by atoms with Crippen molar-refractivity contribution in [1.82, 2.24) is 20.1 Å². The lowest BCUT2D eigenvalue weighted by molar-refractivity contribution is 0.0849. The average Bonchev–Trinajstić information content (AvgIpc) is 3.28. The van der Waals surface area contributed by atoms with Crippen molar-refractivity contribution in [1.29, 1.82) is 0 Å². The van der Waals surface area contributed by atoms with Gasteiger partial charge < -0.3 is 15.2 Å². The molecule has 0 atom stereocenters. The Kier molecular flexibility index (Phi) is 6.59. The van der Waals surface area contributed by atoms with Crippen molar-refractivity contribution < 1.29 is 4.79 Å². The molecule has 1 saturated heterocycles. The molecule has 180 valence electrons. The van der Waals surface area contributed by atoms with E-state index < -0.39 is 0 Å². The lowest BCUT2D eigenvalue weighted by Gasteiger charge is -2.46. The number of nitrogens with zero attached hydrogens (tertiary/aromatic N) is 2. The fourth-order valence-electron chi connectivity index (χ4n) is 6.09. The highest BCUT2D eigenvalue weighted by atomic mass is 35.5. The van der Waals surface area contributed by atoms with Gasteiger partial charge in [0.2, 0.25) is 0 Å². The Balaban J connectivity index is 1.16. The van der Waals surface area contributed by atoms with Crippen molar-refractivity contribution in [3.05, 3.63) is 70.9 Å². The maximum absolute atomic E-state index is 13.1. The molecule has 2 N–H and O–H groups in total. The second kappa shape index (κ2) is 9.63. The number of amides is 2. The Morgan fingerprint density at radius 1 is 1.06 bits per heavy atom. The molecule has 34 heavy (non-hydrogen) atoms. The van der Waals surface area contributed by atoms with E-state index in [9.17, 15) is 4.79 Å². The Hall–Kier alpha value is -2.50. The molecule has 2 heterocycles. The molecule has 0 spiro atoms. The van der Waals surface area contributed by atoms with Crippen molar-refractivity contribution >= 4 is 28.5 Å². The Labute approximate surface area is 207 Å². The number of rotatable bonds is 4. The van der Waals surface area contributed by atoms with Crippen LogP contribution in [0, 0.1) is 0 Å². The summed E-state index contributed by atoms with van der Waals surface area (Å²) >= 11 is 6.24. The Bertz CT molecular complexity index is 1130. The van der Waals surface area contributed by atoms with Crippen molar-refractivity contribution in [2.45, 2.75) is 56.0 Å². The minimum atomic E-state index is 0.0586. The second-order valence-corrected chi connectivity index (χ2v) is 10.6. The summed E-state index contributed by atoms with van der Waals surface area (Å²) in [6, 6.07) is 17.2. The zero-order valence-corrected chi connectivity index (χ0v) is 20.9. The molecular weight excluding hydrogens is 444 g/mol. The molecule has 0 bridgehead atoms. The number of piperidine rings is 1. The summed E-state index contributed by atoms with van der Waals surface area (Å²) < 4.78 is 0. The van der Waals surface area contributed by atoms with Gasteiger partial charge in [-0.15, -0.1) is 0 Å². The molecule has 2 amide bonds. The molecule has 0 radical (unpaired) electrons. The van der Waals surface area contributed by atoms with Gasteiger partial charge in [0.15, 0.2) is 0 Å². The molecule has 0 unspecified atom stereocenters. The van der Waals surface area contributed by atoms with E-state index in [4.69, 9.17) is 11.6 Å². The van der Waals surface area contributed by atoms with Crippen LogP contribution in [-0.4, -0.2) is 54.0 Å². The summed E-state index contributed by atoms with van der Waals surface area (Å²) in [7, 11) is 4.36. The predicted molar refractivity (Wildman–Crippen MR) is 139 cm³/mol. The lowest BCUT2D eigenvalue weighted by Crippen LogP contribution is -2.52. The summed E-state index contributed by atoms with van der Waals surface area (Å²) in [4.78, 5) is 20.8. The number of H-pyrrole nitrogens is 1. The number of likely N-dealkylation sites (tertiary alicyclic amines) is 1. The van der Waals surface area contributed by atoms with Crippen LogP contribution >= 0.6 is 11.6 Å². The number of aromatic nitrogens is 1. The number of urea groups is 1. The minimum Gasteiger partial charge on any atom is -0.361 e. The fraction of sp³-hybridized carbons (Fsp3) is 0.464. The van der Waals surface area contributed by atoms with Crippen LogP contribution in [0.15, 0.2) is 54.7 Å². The first-order valence-corrected chi connectivity index (χ1v) is 12.9. The van der Waals surface area contributed by atoms with Crippen molar-refractivity contribution in [2.24, 2.45) is 0 Å². The van der Waals surface area contributed by atoms with E-state index in [-0.39, 0.29) is 17.6 Å². The maximum Gasteiger partial charge on any atom is 0.317 e. The van der Waals surface area contributed by atoms with Gasteiger partial charge in [0, 0.05) is 46.8 Å². The molecule has 1 aromatic heterocycles. The first-order chi connectivity index (χ1) is 16.5. The van der Waals surface area contributed by atoms with Gasteiger partial charge in [-0.05, 0) is 87.9 Å². The molecule has 5 rings (SSSR count).